The van der Waals surface area contributed by atoms with Gasteiger partial charge in [-0.1, -0.05) is 26.0 Å². The van der Waals surface area contributed by atoms with Crippen molar-refractivity contribution in [2.45, 2.75) is 46.0 Å². The van der Waals surface area contributed by atoms with E-state index in [1.54, 1.807) is 12.1 Å². The Morgan fingerprint density at radius 2 is 1.71 bits per heavy atom. The van der Waals surface area contributed by atoms with E-state index in [-0.39, 0.29) is 17.9 Å². The summed E-state index contributed by atoms with van der Waals surface area (Å²) in [5.74, 6) is 0.309. The summed E-state index contributed by atoms with van der Waals surface area (Å²) < 4.78 is 6.23. The number of benzene rings is 1. The van der Waals surface area contributed by atoms with Crippen molar-refractivity contribution in [1.82, 2.24) is 0 Å². The number of aromatic hydroxyl groups is 1. The van der Waals surface area contributed by atoms with Crippen LogP contribution in [0, 0.1) is 5.41 Å². The molecule has 0 amide bonds. The maximum absolute atomic E-state index is 9.30. The van der Waals surface area contributed by atoms with Crippen LogP contribution in [-0.4, -0.2) is 17.6 Å². The molecule has 17 heavy (non-hydrogen) atoms. The standard InChI is InChI=1S/C14H21BO2/c1-13(2)9-10-15(17-14(13,3)4)11-5-7-12(16)8-6-11/h5-8,16H,9-10H2,1-4H3. The monoisotopic (exact) mass is 232 g/mol. The van der Waals surface area contributed by atoms with Gasteiger partial charge in [0.25, 0.3) is 0 Å². The van der Waals surface area contributed by atoms with Crippen molar-refractivity contribution in [2.75, 3.05) is 0 Å². The molecule has 1 N–H and O–H groups in total. The lowest BCUT2D eigenvalue weighted by Gasteiger charge is -2.48. The van der Waals surface area contributed by atoms with Crippen LogP contribution in [0.1, 0.15) is 34.1 Å². The van der Waals surface area contributed by atoms with E-state index in [4.69, 9.17) is 4.65 Å². The van der Waals surface area contributed by atoms with E-state index in [1.165, 1.54) is 0 Å². The van der Waals surface area contributed by atoms with Gasteiger partial charge in [-0.15, -0.1) is 0 Å². The first-order valence-corrected chi connectivity index (χ1v) is 6.29. The minimum atomic E-state index is -0.117. The van der Waals surface area contributed by atoms with Crippen LogP contribution >= 0.6 is 0 Å². The van der Waals surface area contributed by atoms with Crippen molar-refractivity contribution >= 4 is 12.4 Å². The summed E-state index contributed by atoms with van der Waals surface area (Å²) in [4.78, 5) is 0. The normalized spacial score (nSPS) is 22.5. The van der Waals surface area contributed by atoms with E-state index in [1.807, 2.05) is 12.1 Å². The highest BCUT2D eigenvalue weighted by atomic mass is 16.5. The van der Waals surface area contributed by atoms with E-state index in [2.05, 4.69) is 27.7 Å². The molecule has 0 radical (unpaired) electrons. The molecular weight excluding hydrogens is 211 g/mol. The number of rotatable bonds is 1. The quantitative estimate of drug-likeness (QED) is 0.754. The van der Waals surface area contributed by atoms with E-state index in [0.29, 0.717) is 5.75 Å². The van der Waals surface area contributed by atoms with Crippen LogP contribution in [0.2, 0.25) is 6.32 Å². The molecule has 0 saturated carbocycles. The molecule has 1 saturated heterocycles. The fourth-order valence-electron chi connectivity index (χ4n) is 2.29. The van der Waals surface area contributed by atoms with Gasteiger partial charge in [-0.25, -0.2) is 0 Å². The highest BCUT2D eigenvalue weighted by molar-refractivity contribution is 6.67. The molecular formula is C14H21BO2. The first-order valence-electron chi connectivity index (χ1n) is 6.29. The van der Waals surface area contributed by atoms with Crippen molar-refractivity contribution < 1.29 is 9.76 Å². The molecule has 1 fully saturated rings. The van der Waals surface area contributed by atoms with Gasteiger partial charge in [-0.2, -0.15) is 0 Å². The van der Waals surface area contributed by atoms with E-state index in [0.717, 1.165) is 18.2 Å². The lowest BCUT2D eigenvalue weighted by atomic mass is 9.50. The third kappa shape index (κ3) is 2.34. The van der Waals surface area contributed by atoms with E-state index in [9.17, 15) is 5.11 Å². The van der Waals surface area contributed by atoms with Gasteiger partial charge in [-0.05, 0) is 49.6 Å². The van der Waals surface area contributed by atoms with Gasteiger partial charge in [0, 0.05) is 0 Å². The van der Waals surface area contributed by atoms with Gasteiger partial charge in [0.1, 0.15) is 5.75 Å². The molecule has 0 bridgehead atoms. The Balaban J connectivity index is 2.18. The maximum atomic E-state index is 9.30. The number of phenols is 1. The number of phenolic OH excluding ortho intramolecular Hbond substituents is 1. The Labute approximate surface area is 104 Å². The molecule has 1 aromatic rings. The Morgan fingerprint density at radius 1 is 1.12 bits per heavy atom. The molecule has 3 heteroatoms. The fraction of sp³-hybridized carbons (Fsp3) is 0.571. The largest absolute Gasteiger partial charge is 0.508 e. The first-order chi connectivity index (χ1) is 7.82. The molecule has 0 atom stereocenters. The summed E-state index contributed by atoms with van der Waals surface area (Å²) in [7, 11) is 0. The first kappa shape index (κ1) is 12.5. The van der Waals surface area contributed by atoms with Crippen LogP contribution in [-0.2, 0) is 4.65 Å². The number of hydrogen-bond donors (Lipinski definition) is 1. The van der Waals surface area contributed by atoms with E-state index >= 15 is 0 Å². The molecule has 0 unspecified atom stereocenters. The van der Waals surface area contributed by atoms with Crippen LogP contribution in [0.5, 0.6) is 5.75 Å². The maximum Gasteiger partial charge on any atom is 0.327 e. The SMILES string of the molecule is CC1(C)CCB(c2ccc(O)cc2)OC1(C)C. The third-order valence-electron chi connectivity index (χ3n) is 4.36. The van der Waals surface area contributed by atoms with Gasteiger partial charge < -0.3 is 9.76 Å². The minimum absolute atomic E-state index is 0.117. The van der Waals surface area contributed by atoms with Crippen LogP contribution in [0.15, 0.2) is 24.3 Å². The minimum Gasteiger partial charge on any atom is -0.508 e. The van der Waals surface area contributed by atoms with Crippen molar-refractivity contribution in [3.8, 4) is 5.75 Å². The summed E-state index contributed by atoms with van der Waals surface area (Å²) in [6.45, 7) is 9.01. The third-order valence-corrected chi connectivity index (χ3v) is 4.36. The van der Waals surface area contributed by atoms with Gasteiger partial charge in [-0.3, -0.25) is 0 Å². The zero-order valence-electron chi connectivity index (χ0n) is 11.2. The average Bonchev–Trinajstić information content (AvgIpc) is 2.23. The Morgan fingerprint density at radius 3 is 2.24 bits per heavy atom. The van der Waals surface area contributed by atoms with Gasteiger partial charge in [0.05, 0.1) is 5.60 Å². The van der Waals surface area contributed by atoms with Crippen LogP contribution in [0.3, 0.4) is 0 Å². The molecule has 1 heterocycles. The molecule has 1 aliphatic heterocycles. The Kier molecular flexibility index (Phi) is 2.98. The predicted molar refractivity (Wildman–Crippen MR) is 71.9 cm³/mol. The highest BCUT2D eigenvalue weighted by Gasteiger charge is 2.45. The second-order valence-corrected chi connectivity index (χ2v) is 6.13. The second kappa shape index (κ2) is 4.06. The van der Waals surface area contributed by atoms with E-state index < -0.39 is 0 Å². The van der Waals surface area contributed by atoms with Crippen molar-refractivity contribution in [2.24, 2.45) is 5.41 Å². The van der Waals surface area contributed by atoms with Crippen molar-refractivity contribution in [1.29, 1.82) is 0 Å². The summed E-state index contributed by atoms with van der Waals surface area (Å²) in [6.07, 6.45) is 2.20. The van der Waals surface area contributed by atoms with Gasteiger partial charge in [0.2, 0.25) is 0 Å². The predicted octanol–water partition coefficient (Wildman–Crippen LogP) is 2.82. The summed E-state index contributed by atoms with van der Waals surface area (Å²) in [6, 6.07) is 7.36. The molecule has 0 spiro atoms. The summed E-state index contributed by atoms with van der Waals surface area (Å²) >= 11 is 0. The Hall–Kier alpha value is -0.955. The molecule has 1 aromatic carbocycles. The fourth-order valence-corrected chi connectivity index (χ4v) is 2.29. The molecule has 0 aliphatic carbocycles. The van der Waals surface area contributed by atoms with Gasteiger partial charge in [0.15, 0.2) is 0 Å². The van der Waals surface area contributed by atoms with Crippen molar-refractivity contribution in [3.63, 3.8) is 0 Å². The van der Waals surface area contributed by atoms with Crippen LogP contribution in [0.4, 0.5) is 0 Å². The zero-order valence-corrected chi connectivity index (χ0v) is 11.2. The zero-order chi connectivity index (χ0) is 12.7. The summed E-state index contributed by atoms with van der Waals surface area (Å²) in [5.41, 5.74) is 1.25. The second-order valence-electron chi connectivity index (χ2n) is 6.13. The number of hydrogen-bond acceptors (Lipinski definition) is 2. The molecule has 92 valence electrons. The van der Waals surface area contributed by atoms with Crippen molar-refractivity contribution in [3.05, 3.63) is 24.3 Å². The Bertz CT molecular complexity index is 395. The summed E-state index contributed by atoms with van der Waals surface area (Å²) in [5, 5.41) is 9.30. The highest BCUT2D eigenvalue weighted by Crippen LogP contribution is 2.42. The lowest BCUT2D eigenvalue weighted by molar-refractivity contribution is -0.0311. The van der Waals surface area contributed by atoms with Gasteiger partial charge >= 0.3 is 6.92 Å². The average molecular weight is 232 g/mol. The van der Waals surface area contributed by atoms with Crippen LogP contribution < -0.4 is 5.46 Å². The topological polar surface area (TPSA) is 29.5 Å². The molecule has 1 aliphatic rings. The smallest absolute Gasteiger partial charge is 0.327 e. The molecule has 0 aromatic heterocycles. The molecule has 2 nitrogen and oxygen atoms in total. The molecule has 2 rings (SSSR count). The lowest BCUT2D eigenvalue weighted by Crippen LogP contribution is -2.53. The van der Waals surface area contributed by atoms with Crippen LogP contribution in [0.25, 0.3) is 0 Å².